The van der Waals surface area contributed by atoms with Crippen LogP contribution in [0.15, 0.2) is 31.0 Å². The van der Waals surface area contributed by atoms with E-state index in [0.29, 0.717) is 5.69 Å². The fourth-order valence-corrected chi connectivity index (χ4v) is 5.53. The Labute approximate surface area is 244 Å². The highest BCUT2D eigenvalue weighted by molar-refractivity contribution is 7.48. The number of alkyl halides is 3. The van der Waals surface area contributed by atoms with Crippen molar-refractivity contribution in [1.29, 1.82) is 0 Å². The van der Waals surface area contributed by atoms with E-state index in [1.54, 1.807) is 53.8 Å². The van der Waals surface area contributed by atoms with E-state index in [9.17, 15) is 22.5 Å². The Bertz CT molecular complexity index is 1600. The summed E-state index contributed by atoms with van der Waals surface area (Å²) in [5.41, 5.74) is -0.963. The second-order valence-electron chi connectivity index (χ2n) is 11.3. The maximum absolute atomic E-state index is 13.1. The molecule has 0 saturated heterocycles. The monoisotopic (exact) mass is 628 g/mol. The maximum Gasteiger partial charge on any atom is 0.475 e. The molecule has 0 saturated carbocycles. The summed E-state index contributed by atoms with van der Waals surface area (Å²) in [6, 6.07) is 1.62. The number of phosphoric acid groups is 1. The molecule has 4 aromatic rings. The number of phosphoric ester groups is 1. The molecule has 0 bridgehead atoms. The van der Waals surface area contributed by atoms with Gasteiger partial charge in [0.05, 0.1) is 24.1 Å². The number of esters is 1. The number of imidazole rings is 2. The summed E-state index contributed by atoms with van der Waals surface area (Å²) >= 11 is 0. The van der Waals surface area contributed by atoms with E-state index in [2.05, 4.69) is 25.0 Å². The summed E-state index contributed by atoms with van der Waals surface area (Å²) in [7, 11) is -3.90. The molecule has 0 atom stereocenters. The molecule has 1 N–H and O–H groups in total. The van der Waals surface area contributed by atoms with Gasteiger partial charge in [-0.2, -0.15) is 18.3 Å². The number of aromatic amines is 1. The minimum absolute atomic E-state index is 0.0239. The number of carbonyl (C=O) groups excluding carboxylic acids is 1. The Kier molecular flexibility index (Phi) is 9.11. The van der Waals surface area contributed by atoms with Crippen LogP contribution >= 0.6 is 7.82 Å². The molecule has 0 aromatic carbocycles. The van der Waals surface area contributed by atoms with Gasteiger partial charge in [-0.15, -0.1) is 0 Å². The predicted molar refractivity (Wildman–Crippen MR) is 145 cm³/mol. The third-order valence-corrected chi connectivity index (χ3v) is 7.21. The highest BCUT2D eigenvalue weighted by Gasteiger charge is 2.37. The van der Waals surface area contributed by atoms with Crippen LogP contribution in [0.2, 0.25) is 0 Å². The maximum atomic E-state index is 13.1. The van der Waals surface area contributed by atoms with Crippen LogP contribution in [0.5, 0.6) is 0 Å². The van der Waals surface area contributed by atoms with Gasteiger partial charge in [-0.25, -0.2) is 24.5 Å². The summed E-state index contributed by atoms with van der Waals surface area (Å²) in [5.74, 6) is -1.92. The molecule has 234 valence electrons. The Hall–Kier alpha value is -3.66. The molecule has 0 aliphatic carbocycles. The Morgan fingerprint density at radius 3 is 2.37 bits per heavy atom. The molecule has 0 spiro atoms. The van der Waals surface area contributed by atoms with Crippen LogP contribution in [0.4, 0.5) is 13.2 Å². The lowest BCUT2D eigenvalue weighted by Crippen LogP contribution is -2.25. The van der Waals surface area contributed by atoms with Crippen molar-refractivity contribution >= 4 is 19.6 Å². The molecule has 0 amide bonds. The zero-order valence-corrected chi connectivity index (χ0v) is 25.3. The van der Waals surface area contributed by atoms with Crippen molar-refractivity contribution in [2.75, 3.05) is 6.61 Å². The average Bonchev–Trinajstić information content (AvgIpc) is 3.60. The third kappa shape index (κ3) is 8.69. The fourth-order valence-electron chi connectivity index (χ4n) is 3.69. The molecule has 0 unspecified atom stereocenters. The number of carbonyl (C=O) groups is 1. The molecule has 18 heteroatoms. The molecule has 4 rings (SSSR count). The van der Waals surface area contributed by atoms with Crippen LogP contribution in [0.25, 0.3) is 28.7 Å². The van der Waals surface area contributed by atoms with E-state index in [4.69, 9.17) is 18.3 Å². The fraction of sp³-hybridized carbons (Fsp3) is 0.520. The van der Waals surface area contributed by atoms with Crippen molar-refractivity contribution in [1.82, 2.24) is 39.1 Å². The molecule has 0 fully saturated rings. The van der Waals surface area contributed by atoms with Crippen molar-refractivity contribution in [3.05, 3.63) is 36.8 Å². The van der Waals surface area contributed by atoms with Gasteiger partial charge in [-0.05, 0) is 54.0 Å². The van der Waals surface area contributed by atoms with Gasteiger partial charge in [0.15, 0.2) is 6.73 Å². The van der Waals surface area contributed by atoms with Gasteiger partial charge in [0, 0.05) is 25.0 Å². The Balaban J connectivity index is 1.39. The lowest BCUT2D eigenvalue weighted by molar-refractivity contribution is -0.148. The van der Waals surface area contributed by atoms with Gasteiger partial charge >= 0.3 is 20.0 Å². The number of rotatable bonds is 11. The number of nitrogens with zero attached hydrogens (tertiary/aromatic N) is 7. The summed E-state index contributed by atoms with van der Waals surface area (Å²) in [6.45, 7) is 10.1. The lowest BCUT2D eigenvalue weighted by Gasteiger charge is -2.30. The van der Waals surface area contributed by atoms with E-state index in [1.165, 1.54) is 27.7 Å². The van der Waals surface area contributed by atoms with Gasteiger partial charge < -0.3 is 9.30 Å². The van der Waals surface area contributed by atoms with E-state index >= 15 is 0 Å². The molecular weight excluding hydrogens is 596 g/mol. The van der Waals surface area contributed by atoms with Gasteiger partial charge in [0.25, 0.3) is 0 Å². The van der Waals surface area contributed by atoms with Crippen molar-refractivity contribution < 1.29 is 40.8 Å². The summed E-state index contributed by atoms with van der Waals surface area (Å²) in [5, 5.41) is 5.56. The zero-order chi connectivity index (χ0) is 31.6. The first kappa shape index (κ1) is 32.3. The van der Waals surface area contributed by atoms with Crippen molar-refractivity contribution in [3.63, 3.8) is 0 Å². The van der Waals surface area contributed by atoms with Gasteiger partial charge in [-0.3, -0.25) is 27.9 Å². The molecule has 4 aromatic heterocycles. The molecule has 0 aliphatic rings. The van der Waals surface area contributed by atoms with Crippen LogP contribution in [0, 0.1) is 0 Å². The van der Waals surface area contributed by atoms with Gasteiger partial charge in [0.2, 0.25) is 17.4 Å². The Morgan fingerprint density at radius 1 is 1.05 bits per heavy atom. The van der Waals surface area contributed by atoms with Crippen LogP contribution in [-0.4, -0.2) is 62.9 Å². The number of nitrogens with one attached hydrogen (secondary N) is 1. The first-order chi connectivity index (χ1) is 19.9. The second kappa shape index (κ2) is 12.1. The van der Waals surface area contributed by atoms with E-state index in [1.807, 2.05) is 5.10 Å². The summed E-state index contributed by atoms with van der Waals surface area (Å²) in [4.78, 5) is 28.6. The molecule has 0 radical (unpaired) electrons. The summed E-state index contributed by atoms with van der Waals surface area (Å²) < 4.78 is 77.2. The van der Waals surface area contributed by atoms with E-state index in [0.717, 1.165) is 0 Å². The highest BCUT2D eigenvalue weighted by Crippen LogP contribution is 2.55. The minimum atomic E-state index is -4.72. The van der Waals surface area contributed by atoms with Crippen molar-refractivity contribution in [2.24, 2.45) is 0 Å². The number of fused-ring (bicyclic) bond motifs is 1. The zero-order valence-electron chi connectivity index (χ0n) is 24.4. The number of H-pyrrole nitrogens is 1. The SMILES string of the molecule is CC(C)(C)OP(=O)(OCCCC(=O)OCn1cnc(-c2c(-c3n[nH]c(C(F)(F)F)n3)nc3ncccn23)c1)OC(C)(C)C. The molecule has 4 heterocycles. The minimum Gasteiger partial charge on any atom is -0.444 e. The number of ether oxygens (including phenoxy) is 1. The van der Waals surface area contributed by atoms with Crippen LogP contribution in [0.3, 0.4) is 0 Å². The average molecular weight is 629 g/mol. The second-order valence-corrected chi connectivity index (χ2v) is 12.8. The van der Waals surface area contributed by atoms with Crippen LogP contribution in [-0.2, 0) is 40.6 Å². The first-order valence-corrected chi connectivity index (χ1v) is 14.6. The lowest BCUT2D eigenvalue weighted by atomic mass is 10.2. The normalized spacial score (nSPS) is 13.1. The van der Waals surface area contributed by atoms with Gasteiger partial charge in [0.1, 0.15) is 17.1 Å². The predicted octanol–water partition coefficient (Wildman–Crippen LogP) is 5.43. The van der Waals surface area contributed by atoms with Crippen molar-refractivity contribution in [3.8, 4) is 22.9 Å². The smallest absolute Gasteiger partial charge is 0.444 e. The topological polar surface area (TPSA) is 161 Å². The number of hydrogen-bond donors (Lipinski definition) is 1. The Morgan fingerprint density at radius 2 is 1.74 bits per heavy atom. The van der Waals surface area contributed by atoms with Crippen molar-refractivity contribution in [2.45, 2.75) is 78.5 Å². The highest BCUT2D eigenvalue weighted by atomic mass is 31.2. The first-order valence-electron chi connectivity index (χ1n) is 13.1. The van der Waals surface area contributed by atoms with E-state index in [-0.39, 0.29) is 49.2 Å². The molecule has 14 nitrogen and oxygen atoms in total. The van der Waals surface area contributed by atoms with Crippen LogP contribution in [0.1, 0.15) is 60.2 Å². The molecular formula is C25H32F3N8O6P. The third-order valence-electron chi connectivity index (χ3n) is 5.17. The van der Waals surface area contributed by atoms with E-state index < -0.39 is 37.0 Å². The number of halogens is 3. The molecule has 0 aliphatic heterocycles. The molecule has 43 heavy (non-hydrogen) atoms. The summed E-state index contributed by atoms with van der Waals surface area (Å²) in [6.07, 6.45) is 1.43. The number of aromatic nitrogens is 8. The van der Waals surface area contributed by atoms with Gasteiger partial charge in [-0.1, -0.05) is 0 Å². The quantitative estimate of drug-likeness (QED) is 0.128. The standard InChI is InChI=1S/C25H32F3N8O6P/c1-23(2,3)41-43(38,42-24(4,5)6)40-12-7-9-17(37)39-15-35-13-16(30-14-35)19-18(31-22-29-10-8-11-36(19)22)20-32-21(34-33-20)25(26,27)28/h8,10-11,13-14H,7,9,12,15H2,1-6H3,(H,32,33,34). The largest absolute Gasteiger partial charge is 0.475 e. The van der Waals surface area contributed by atoms with Crippen LogP contribution < -0.4 is 0 Å². The number of hydrogen-bond acceptors (Lipinski definition) is 11.